The van der Waals surface area contributed by atoms with Crippen LogP contribution in [0.2, 0.25) is 0 Å². The van der Waals surface area contributed by atoms with Crippen LogP contribution < -0.4 is 0 Å². The van der Waals surface area contributed by atoms with Crippen molar-refractivity contribution in [2.75, 3.05) is 33.0 Å². The van der Waals surface area contributed by atoms with Crippen molar-refractivity contribution in [1.82, 2.24) is 0 Å². The fourth-order valence-electron chi connectivity index (χ4n) is 1.71. The van der Waals surface area contributed by atoms with E-state index in [0.717, 1.165) is 0 Å². The van der Waals surface area contributed by atoms with Crippen molar-refractivity contribution in [1.29, 1.82) is 0 Å². The van der Waals surface area contributed by atoms with Gasteiger partial charge in [-0.1, -0.05) is 55.4 Å². The number of esters is 1. The molecule has 0 fully saturated rings. The van der Waals surface area contributed by atoms with E-state index in [2.05, 4.69) is 0 Å². The number of rotatable bonds is 18. The first-order valence-electron chi connectivity index (χ1n) is 11.0. The first-order valence-corrected chi connectivity index (χ1v) is 17.1. The van der Waals surface area contributed by atoms with E-state index in [-0.39, 0.29) is 56.7 Å². The molecule has 12 heteroatoms. The van der Waals surface area contributed by atoms with Gasteiger partial charge < -0.3 is 22.8 Å². The fraction of sp³-hybridized carbons (Fsp3) is 0.950. The topological polar surface area (TPSA) is 97.4 Å². The number of carbonyl (C=O) groups excluding carboxylic acids is 1. The largest absolute Gasteiger partial charge is 0.465 e. The quantitative estimate of drug-likeness (QED) is 0.101. The Hall–Kier alpha value is 0.470. The molecule has 0 spiro atoms. The van der Waals surface area contributed by atoms with Crippen LogP contribution >= 0.6 is 36.4 Å². The smallest absolute Gasteiger partial charge is 0.390 e. The molecule has 0 aliphatic heterocycles. The summed E-state index contributed by atoms with van der Waals surface area (Å²) >= 11 is 1.37. The highest BCUT2D eigenvalue weighted by atomic mass is 32.8. The van der Waals surface area contributed by atoms with Crippen molar-refractivity contribution in [2.45, 2.75) is 66.9 Å². The lowest BCUT2D eigenvalue weighted by atomic mass is 10.2. The second-order valence-corrected chi connectivity index (χ2v) is 17.4. The monoisotopic (exact) mass is 536 g/mol. The summed E-state index contributed by atoms with van der Waals surface area (Å²) in [7, 11) is 0. The van der Waals surface area contributed by atoms with E-state index in [9.17, 15) is 13.9 Å². The molecule has 0 aromatic heterocycles. The molecule has 0 aliphatic carbocycles. The summed E-state index contributed by atoms with van der Waals surface area (Å²) in [5.74, 6) is -0.263. The summed E-state index contributed by atoms with van der Waals surface area (Å²) in [6.45, 7) is 10.4. The van der Waals surface area contributed by atoms with E-state index in [1.165, 1.54) is 0 Å². The second-order valence-electron chi connectivity index (χ2n) is 8.95. The Labute approximate surface area is 202 Å². The Morgan fingerprint density at radius 2 is 0.938 bits per heavy atom. The standard InChI is InChI=1S/C20H42O8P2S2/c1-10-24-19(21)20(31-29(22,25-11-15(2)3)26-12-16(4)5)32-30(23,27-13-17(6)7)28-14-18(8)9/h15-18,20H,10-14H2,1-9H3. The Morgan fingerprint density at radius 3 is 1.16 bits per heavy atom. The van der Waals surface area contributed by atoms with Crippen molar-refractivity contribution < 1.29 is 36.8 Å². The van der Waals surface area contributed by atoms with E-state index in [1.807, 2.05) is 55.4 Å². The van der Waals surface area contributed by atoms with Gasteiger partial charge in [0.1, 0.15) is 0 Å². The van der Waals surface area contributed by atoms with E-state index >= 15 is 0 Å². The van der Waals surface area contributed by atoms with Gasteiger partial charge in [0.25, 0.3) is 0 Å². The molecule has 0 aliphatic rings. The number of hydrogen-bond acceptors (Lipinski definition) is 10. The maximum absolute atomic E-state index is 13.5. The lowest BCUT2D eigenvalue weighted by Gasteiger charge is -2.26. The van der Waals surface area contributed by atoms with Crippen molar-refractivity contribution in [3.05, 3.63) is 0 Å². The van der Waals surface area contributed by atoms with Gasteiger partial charge >= 0.3 is 19.6 Å². The number of hydrogen-bond donors (Lipinski definition) is 0. The van der Waals surface area contributed by atoms with Crippen LogP contribution in [0, 0.1) is 23.7 Å². The van der Waals surface area contributed by atoms with Crippen LogP contribution in [-0.2, 0) is 36.8 Å². The molecular weight excluding hydrogens is 494 g/mol. The van der Waals surface area contributed by atoms with E-state index in [1.54, 1.807) is 6.92 Å². The van der Waals surface area contributed by atoms with Crippen LogP contribution in [0.25, 0.3) is 0 Å². The molecule has 0 saturated carbocycles. The highest BCUT2D eigenvalue weighted by Gasteiger charge is 2.42. The molecule has 0 amide bonds. The predicted molar refractivity (Wildman–Crippen MR) is 134 cm³/mol. The summed E-state index contributed by atoms with van der Waals surface area (Å²) in [5.41, 5.74) is 0. The van der Waals surface area contributed by atoms with E-state index in [0.29, 0.717) is 22.8 Å². The Kier molecular flexibility index (Phi) is 16.4. The van der Waals surface area contributed by atoms with Crippen LogP contribution in [0.3, 0.4) is 0 Å². The molecule has 0 atom stereocenters. The zero-order valence-corrected chi connectivity index (χ0v) is 24.3. The van der Waals surface area contributed by atoms with Crippen LogP contribution in [-0.4, -0.2) is 43.6 Å². The first-order chi connectivity index (χ1) is 14.7. The summed E-state index contributed by atoms with van der Waals surface area (Å²) in [4.78, 5) is 12.7. The molecule has 0 radical (unpaired) electrons. The maximum atomic E-state index is 13.5. The van der Waals surface area contributed by atoms with Gasteiger partial charge in [-0.3, -0.25) is 0 Å². The van der Waals surface area contributed by atoms with Crippen LogP contribution in [0.1, 0.15) is 62.3 Å². The minimum Gasteiger partial charge on any atom is -0.465 e. The third kappa shape index (κ3) is 15.4. The summed E-state index contributed by atoms with van der Waals surface area (Å²) in [6.07, 6.45) is 0. The van der Waals surface area contributed by atoms with Crippen molar-refractivity contribution in [2.24, 2.45) is 23.7 Å². The molecule has 8 nitrogen and oxygen atoms in total. The molecule has 0 aromatic carbocycles. The van der Waals surface area contributed by atoms with Gasteiger partial charge in [-0.2, -0.15) is 0 Å². The second kappa shape index (κ2) is 16.2. The molecule has 0 heterocycles. The van der Waals surface area contributed by atoms with Crippen molar-refractivity contribution >= 4 is 42.3 Å². The summed E-state index contributed by atoms with van der Waals surface area (Å²) in [6, 6.07) is 0. The molecule has 0 rings (SSSR count). The molecule has 0 unspecified atom stereocenters. The zero-order chi connectivity index (χ0) is 24.9. The minimum absolute atomic E-state index is 0.107. The molecule has 0 aromatic rings. The zero-order valence-electron chi connectivity index (χ0n) is 20.9. The van der Waals surface area contributed by atoms with Crippen LogP contribution in [0.4, 0.5) is 0 Å². The Bertz CT molecular complexity index is 553. The molecule has 192 valence electrons. The van der Waals surface area contributed by atoms with Gasteiger partial charge in [0.15, 0.2) is 4.58 Å². The van der Waals surface area contributed by atoms with Crippen LogP contribution in [0.15, 0.2) is 0 Å². The average molecular weight is 537 g/mol. The minimum atomic E-state index is -3.76. The van der Waals surface area contributed by atoms with E-state index in [4.69, 9.17) is 22.8 Å². The van der Waals surface area contributed by atoms with E-state index < -0.39 is 24.1 Å². The predicted octanol–water partition coefficient (Wildman–Crippen LogP) is 7.25. The van der Waals surface area contributed by atoms with Crippen molar-refractivity contribution in [3.63, 3.8) is 0 Å². The Morgan fingerprint density at radius 1 is 0.656 bits per heavy atom. The molecule has 0 bridgehead atoms. The number of carbonyl (C=O) groups is 1. The number of ether oxygens (including phenoxy) is 1. The van der Waals surface area contributed by atoms with Gasteiger partial charge in [0.2, 0.25) is 0 Å². The molecule has 0 N–H and O–H groups in total. The van der Waals surface area contributed by atoms with Crippen molar-refractivity contribution in [3.8, 4) is 0 Å². The Balaban J connectivity index is 5.80. The van der Waals surface area contributed by atoms with Gasteiger partial charge in [-0.05, 0) is 53.4 Å². The summed E-state index contributed by atoms with van der Waals surface area (Å²) in [5, 5.41) is 0. The third-order valence-electron chi connectivity index (χ3n) is 3.19. The van der Waals surface area contributed by atoms with Gasteiger partial charge in [0.05, 0.1) is 33.0 Å². The molecular formula is C20H42O8P2S2. The van der Waals surface area contributed by atoms with Gasteiger partial charge in [-0.15, -0.1) is 0 Å². The normalized spacial score (nSPS) is 13.2. The first kappa shape index (κ1) is 32.5. The fourth-order valence-corrected chi connectivity index (χ4v) is 11.6. The molecule has 0 saturated heterocycles. The van der Waals surface area contributed by atoms with Gasteiger partial charge in [0, 0.05) is 0 Å². The van der Waals surface area contributed by atoms with Crippen LogP contribution in [0.5, 0.6) is 0 Å². The van der Waals surface area contributed by atoms with Gasteiger partial charge in [-0.25, -0.2) is 13.9 Å². The maximum Gasteiger partial charge on any atom is 0.390 e. The molecule has 32 heavy (non-hydrogen) atoms. The third-order valence-corrected chi connectivity index (χ3v) is 11.9. The lowest BCUT2D eigenvalue weighted by Crippen LogP contribution is -2.19. The SMILES string of the molecule is CCOC(=O)C(SP(=O)(OCC(C)C)OCC(C)C)SP(=O)(OCC(C)C)OCC(C)C. The highest BCUT2D eigenvalue weighted by molar-refractivity contribution is 8.66. The lowest BCUT2D eigenvalue weighted by molar-refractivity contribution is -0.140. The highest BCUT2D eigenvalue weighted by Crippen LogP contribution is 2.71. The average Bonchev–Trinajstić information content (AvgIpc) is 2.68. The summed E-state index contributed by atoms with van der Waals surface area (Å²) < 4.78 is 53.4.